The number of hydrogen-bond acceptors (Lipinski definition) is 3. The lowest BCUT2D eigenvalue weighted by atomic mass is 10.3. The third kappa shape index (κ3) is 5.36. The van der Waals surface area contributed by atoms with E-state index in [1.807, 2.05) is 0 Å². The number of nitrogens with zero attached hydrogens (tertiary/aromatic N) is 2. The van der Waals surface area contributed by atoms with Crippen molar-refractivity contribution in [2.45, 2.75) is 19.0 Å². The van der Waals surface area contributed by atoms with Gasteiger partial charge < -0.3 is 10.2 Å². The van der Waals surface area contributed by atoms with E-state index in [1.54, 1.807) is 4.90 Å². The molecule has 1 aliphatic carbocycles. The molecule has 2 fully saturated rings. The number of alkyl halides is 3. The van der Waals surface area contributed by atoms with Crippen molar-refractivity contribution < 1.29 is 18.0 Å². The van der Waals surface area contributed by atoms with Crippen LogP contribution < -0.4 is 5.32 Å². The Morgan fingerprint density at radius 2 is 1.79 bits per heavy atom. The standard InChI is InChI=1S/C12H20F3N3O/c13-12(14,15)9-17-3-5-18(6-4-17)11(19)8-16-7-10-1-2-10/h10,16H,1-9H2. The molecule has 7 heteroatoms. The first kappa shape index (κ1) is 14.6. The number of nitrogens with one attached hydrogen (secondary N) is 1. The lowest BCUT2D eigenvalue weighted by molar-refractivity contribution is -0.151. The number of rotatable bonds is 5. The van der Waals surface area contributed by atoms with E-state index in [0.29, 0.717) is 32.7 Å². The molecule has 0 unspecified atom stereocenters. The van der Waals surface area contributed by atoms with Crippen molar-refractivity contribution >= 4 is 5.91 Å². The number of amides is 1. The maximum absolute atomic E-state index is 12.2. The molecule has 19 heavy (non-hydrogen) atoms. The molecule has 2 rings (SSSR count). The van der Waals surface area contributed by atoms with E-state index < -0.39 is 12.7 Å². The number of carbonyl (C=O) groups is 1. The second-order valence-corrected chi connectivity index (χ2v) is 5.35. The SMILES string of the molecule is O=C(CNCC1CC1)N1CCN(CC(F)(F)F)CC1. The molecule has 1 aliphatic heterocycles. The van der Waals surface area contributed by atoms with E-state index >= 15 is 0 Å². The largest absolute Gasteiger partial charge is 0.401 e. The zero-order valence-corrected chi connectivity index (χ0v) is 10.9. The molecular weight excluding hydrogens is 259 g/mol. The van der Waals surface area contributed by atoms with Gasteiger partial charge in [0.1, 0.15) is 0 Å². The van der Waals surface area contributed by atoms with Crippen LogP contribution in [0.25, 0.3) is 0 Å². The third-order valence-corrected chi connectivity index (χ3v) is 3.53. The molecule has 0 bridgehead atoms. The molecule has 2 aliphatic rings. The molecule has 0 radical (unpaired) electrons. The van der Waals surface area contributed by atoms with Crippen molar-refractivity contribution in [1.82, 2.24) is 15.1 Å². The zero-order chi connectivity index (χ0) is 13.9. The first-order valence-electron chi connectivity index (χ1n) is 6.71. The van der Waals surface area contributed by atoms with Crippen LogP contribution in [0, 0.1) is 5.92 Å². The van der Waals surface area contributed by atoms with Gasteiger partial charge in [-0.1, -0.05) is 0 Å². The highest BCUT2D eigenvalue weighted by molar-refractivity contribution is 5.78. The van der Waals surface area contributed by atoms with E-state index in [2.05, 4.69) is 5.32 Å². The first-order chi connectivity index (χ1) is 8.94. The Balaban J connectivity index is 1.62. The van der Waals surface area contributed by atoms with Crippen molar-refractivity contribution in [3.63, 3.8) is 0 Å². The second-order valence-electron chi connectivity index (χ2n) is 5.35. The van der Waals surface area contributed by atoms with Gasteiger partial charge in [-0.25, -0.2) is 0 Å². The van der Waals surface area contributed by atoms with Gasteiger partial charge >= 0.3 is 6.18 Å². The fourth-order valence-electron chi connectivity index (χ4n) is 2.23. The minimum Gasteiger partial charge on any atom is -0.339 e. The predicted octanol–water partition coefficient (Wildman–Crippen LogP) is 0.692. The van der Waals surface area contributed by atoms with Crippen molar-refractivity contribution in [3.05, 3.63) is 0 Å². The lowest BCUT2D eigenvalue weighted by Gasteiger charge is -2.35. The summed E-state index contributed by atoms with van der Waals surface area (Å²) in [4.78, 5) is 14.8. The molecule has 0 aromatic heterocycles. The minimum atomic E-state index is -4.15. The minimum absolute atomic E-state index is 0.00712. The summed E-state index contributed by atoms with van der Waals surface area (Å²) in [6, 6.07) is 0. The van der Waals surface area contributed by atoms with E-state index in [-0.39, 0.29) is 5.91 Å². The van der Waals surface area contributed by atoms with Gasteiger partial charge in [-0.05, 0) is 25.3 Å². The van der Waals surface area contributed by atoms with Crippen molar-refractivity contribution in [2.24, 2.45) is 5.92 Å². The van der Waals surface area contributed by atoms with Gasteiger partial charge in [0.05, 0.1) is 13.1 Å². The van der Waals surface area contributed by atoms with E-state index in [0.717, 1.165) is 12.5 Å². The highest BCUT2D eigenvalue weighted by Gasteiger charge is 2.32. The number of halogens is 3. The summed E-state index contributed by atoms with van der Waals surface area (Å²) in [7, 11) is 0. The van der Waals surface area contributed by atoms with Gasteiger partial charge in [-0.15, -0.1) is 0 Å². The Kier molecular flexibility index (Phi) is 4.67. The molecule has 1 saturated carbocycles. The fourth-order valence-corrected chi connectivity index (χ4v) is 2.23. The summed E-state index contributed by atoms with van der Waals surface area (Å²) in [6.07, 6.45) is -1.69. The molecule has 0 spiro atoms. The first-order valence-corrected chi connectivity index (χ1v) is 6.71. The monoisotopic (exact) mass is 279 g/mol. The predicted molar refractivity (Wildman–Crippen MR) is 64.7 cm³/mol. The Labute approximate surface area is 110 Å². The number of hydrogen-bond donors (Lipinski definition) is 1. The normalized spacial score (nSPS) is 21.7. The molecule has 1 amide bonds. The molecule has 0 aromatic carbocycles. The van der Waals surface area contributed by atoms with Gasteiger partial charge in [0, 0.05) is 26.2 Å². The highest BCUT2D eigenvalue weighted by atomic mass is 19.4. The smallest absolute Gasteiger partial charge is 0.339 e. The molecule has 0 aromatic rings. The summed E-state index contributed by atoms with van der Waals surface area (Å²) >= 11 is 0. The van der Waals surface area contributed by atoms with E-state index in [1.165, 1.54) is 17.7 Å². The van der Waals surface area contributed by atoms with Gasteiger partial charge in [0.2, 0.25) is 5.91 Å². The Morgan fingerprint density at radius 1 is 1.16 bits per heavy atom. The Morgan fingerprint density at radius 3 is 2.32 bits per heavy atom. The van der Waals surface area contributed by atoms with Crippen LogP contribution in [-0.4, -0.2) is 67.7 Å². The van der Waals surface area contributed by atoms with E-state index in [4.69, 9.17) is 0 Å². The van der Waals surface area contributed by atoms with Crippen LogP contribution in [-0.2, 0) is 4.79 Å². The lowest BCUT2D eigenvalue weighted by Crippen LogP contribution is -2.52. The number of piperazine rings is 1. The third-order valence-electron chi connectivity index (χ3n) is 3.53. The summed E-state index contributed by atoms with van der Waals surface area (Å²) < 4.78 is 36.6. The topological polar surface area (TPSA) is 35.6 Å². The van der Waals surface area contributed by atoms with Crippen molar-refractivity contribution in [1.29, 1.82) is 0 Å². The molecule has 1 heterocycles. The highest BCUT2D eigenvalue weighted by Crippen LogP contribution is 2.27. The van der Waals surface area contributed by atoms with Gasteiger partial charge in [0.15, 0.2) is 0 Å². The molecule has 1 N–H and O–H groups in total. The van der Waals surface area contributed by atoms with Crippen LogP contribution in [0.5, 0.6) is 0 Å². The van der Waals surface area contributed by atoms with Crippen LogP contribution in [0.15, 0.2) is 0 Å². The maximum atomic E-state index is 12.2. The summed E-state index contributed by atoms with van der Waals surface area (Å²) in [5, 5.41) is 3.11. The second kappa shape index (κ2) is 6.09. The van der Waals surface area contributed by atoms with Gasteiger partial charge in [-0.2, -0.15) is 13.2 Å². The fraction of sp³-hybridized carbons (Fsp3) is 0.917. The average Bonchev–Trinajstić information content (AvgIpc) is 3.12. The van der Waals surface area contributed by atoms with Gasteiger partial charge in [0.25, 0.3) is 0 Å². The molecule has 110 valence electrons. The summed E-state index contributed by atoms with van der Waals surface area (Å²) in [5.41, 5.74) is 0. The quantitative estimate of drug-likeness (QED) is 0.804. The Bertz CT molecular complexity index is 310. The summed E-state index contributed by atoms with van der Waals surface area (Å²) in [5.74, 6) is 0.712. The van der Waals surface area contributed by atoms with Crippen LogP contribution in [0.3, 0.4) is 0 Å². The summed E-state index contributed by atoms with van der Waals surface area (Å²) in [6.45, 7) is 1.67. The van der Waals surface area contributed by atoms with Crippen LogP contribution in [0.1, 0.15) is 12.8 Å². The van der Waals surface area contributed by atoms with Gasteiger partial charge in [-0.3, -0.25) is 9.69 Å². The van der Waals surface area contributed by atoms with Crippen LogP contribution >= 0.6 is 0 Å². The van der Waals surface area contributed by atoms with Crippen LogP contribution in [0.4, 0.5) is 13.2 Å². The van der Waals surface area contributed by atoms with Crippen molar-refractivity contribution in [3.8, 4) is 0 Å². The zero-order valence-electron chi connectivity index (χ0n) is 10.9. The molecule has 0 atom stereocenters. The molecule has 1 saturated heterocycles. The van der Waals surface area contributed by atoms with Crippen LogP contribution in [0.2, 0.25) is 0 Å². The van der Waals surface area contributed by atoms with Crippen molar-refractivity contribution in [2.75, 3.05) is 45.8 Å². The van der Waals surface area contributed by atoms with E-state index in [9.17, 15) is 18.0 Å². The number of carbonyl (C=O) groups excluding carboxylic acids is 1. The molecule has 4 nitrogen and oxygen atoms in total. The Hall–Kier alpha value is -0.820. The average molecular weight is 279 g/mol. The molecular formula is C12H20F3N3O. The maximum Gasteiger partial charge on any atom is 0.401 e.